The Labute approximate surface area is 271 Å². The summed E-state index contributed by atoms with van der Waals surface area (Å²) in [5.74, 6) is -0.320. The summed E-state index contributed by atoms with van der Waals surface area (Å²) in [7, 11) is 1.53. The first kappa shape index (κ1) is 33.7. The van der Waals surface area contributed by atoms with Crippen LogP contribution in [0.3, 0.4) is 0 Å². The fourth-order valence-electron chi connectivity index (χ4n) is 5.54. The number of unbranched alkanes of at least 4 members (excludes halogenated alkanes) is 1. The average Bonchev–Trinajstić information content (AvgIpc) is 3.64. The summed E-state index contributed by atoms with van der Waals surface area (Å²) < 4.78 is 26.2. The van der Waals surface area contributed by atoms with Gasteiger partial charge in [-0.25, -0.2) is 4.39 Å². The molecule has 4 rings (SSSR count). The minimum atomic E-state index is -0.596. The first-order chi connectivity index (χ1) is 21.2. The summed E-state index contributed by atoms with van der Waals surface area (Å²) in [5.41, 5.74) is 3.06. The largest absolute Gasteiger partial charge is 0.495 e. The molecule has 2 atom stereocenters. The Hall–Kier alpha value is -3.14. The molecule has 0 bridgehead atoms. The highest BCUT2D eigenvalue weighted by molar-refractivity contribution is 6.46. The second kappa shape index (κ2) is 15.2. The highest BCUT2D eigenvalue weighted by atomic mass is 35.5. The Morgan fingerprint density at radius 3 is 2.34 bits per heavy atom. The number of aromatic amines is 2. The van der Waals surface area contributed by atoms with Crippen molar-refractivity contribution in [1.82, 2.24) is 20.2 Å². The second-order valence-corrected chi connectivity index (χ2v) is 12.0. The first-order valence-corrected chi connectivity index (χ1v) is 15.9. The fourth-order valence-corrected chi connectivity index (χ4v) is 6.27. The van der Waals surface area contributed by atoms with Gasteiger partial charge in [0, 0.05) is 61.1 Å². The van der Waals surface area contributed by atoms with Gasteiger partial charge in [0.15, 0.2) is 11.6 Å². The standard InChI is InChI=1S/C32H38Cl3FN4O4/c1-5-7-10-44-25-12-21-23(14-39-32(21)29(35)30(25)36)19(6-2)16-40(26(42)8-9-37-17-41)15-18(3)22-13-38-31-20(22)11-24(43-4)27(33)28(31)34/h11-14,17-19,38-39H,5-10,15-16H2,1-4H3,(H,37,41). The third-order valence-corrected chi connectivity index (χ3v) is 9.21. The van der Waals surface area contributed by atoms with Crippen molar-refractivity contribution >= 4 is 68.9 Å². The predicted octanol–water partition coefficient (Wildman–Crippen LogP) is 8.20. The van der Waals surface area contributed by atoms with E-state index in [1.165, 1.54) is 7.11 Å². The van der Waals surface area contributed by atoms with Crippen LogP contribution in [-0.2, 0) is 9.59 Å². The zero-order valence-electron chi connectivity index (χ0n) is 25.3. The number of fused-ring (bicyclic) bond motifs is 2. The highest BCUT2D eigenvalue weighted by Crippen LogP contribution is 2.41. The predicted molar refractivity (Wildman–Crippen MR) is 175 cm³/mol. The van der Waals surface area contributed by atoms with Gasteiger partial charge in [-0.05, 0) is 36.1 Å². The zero-order chi connectivity index (χ0) is 32.0. The smallest absolute Gasteiger partial charge is 0.224 e. The Kier molecular flexibility index (Phi) is 11.7. The maximum Gasteiger partial charge on any atom is 0.224 e. The Balaban J connectivity index is 1.67. The number of carbonyl (C=O) groups excluding carboxylic acids is 2. The second-order valence-electron chi connectivity index (χ2n) is 10.9. The summed E-state index contributed by atoms with van der Waals surface area (Å²) in [4.78, 5) is 32.6. The maximum absolute atomic E-state index is 15.0. The number of aromatic nitrogens is 2. The number of H-pyrrole nitrogens is 2. The number of ether oxygens (including phenoxy) is 2. The van der Waals surface area contributed by atoms with Crippen molar-refractivity contribution in [3.8, 4) is 11.5 Å². The molecule has 2 aromatic heterocycles. The average molecular weight is 668 g/mol. The van der Waals surface area contributed by atoms with Gasteiger partial charge in [-0.3, -0.25) is 9.59 Å². The molecule has 2 aromatic carbocycles. The molecular formula is C32H38Cl3FN4O4. The third-order valence-electron chi connectivity index (χ3n) is 8.01. The van der Waals surface area contributed by atoms with Crippen LogP contribution >= 0.6 is 34.8 Å². The number of methoxy groups -OCH3 is 1. The lowest BCUT2D eigenvalue weighted by Crippen LogP contribution is -2.38. The van der Waals surface area contributed by atoms with E-state index in [0.717, 1.165) is 34.7 Å². The van der Waals surface area contributed by atoms with E-state index in [2.05, 4.69) is 15.3 Å². The van der Waals surface area contributed by atoms with Crippen molar-refractivity contribution in [2.24, 2.45) is 0 Å². The molecule has 0 aliphatic carbocycles. The van der Waals surface area contributed by atoms with E-state index in [1.54, 1.807) is 6.07 Å². The van der Waals surface area contributed by atoms with Crippen LogP contribution in [-0.4, -0.2) is 60.5 Å². The molecular weight excluding hydrogens is 630 g/mol. The molecule has 12 heteroatoms. The lowest BCUT2D eigenvalue weighted by atomic mass is 9.93. The Bertz CT molecular complexity index is 1620. The molecule has 0 fully saturated rings. The molecule has 0 saturated carbocycles. The van der Waals surface area contributed by atoms with Crippen molar-refractivity contribution in [1.29, 1.82) is 0 Å². The van der Waals surface area contributed by atoms with Gasteiger partial charge in [-0.1, -0.05) is 62.0 Å². The fraction of sp³-hybridized carbons (Fsp3) is 0.438. The Morgan fingerprint density at radius 2 is 1.68 bits per heavy atom. The van der Waals surface area contributed by atoms with Crippen LogP contribution in [0.5, 0.6) is 11.5 Å². The third kappa shape index (κ3) is 7.05. The SMILES string of the molecule is CCCCOc1cc2c(C(CC)CN(CC(C)c3c[nH]c4c(Cl)c(Cl)c(OC)cc34)C(=O)CCNC=O)c[nH]c2c(Cl)c1F. The number of nitrogens with one attached hydrogen (secondary N) is 3. The van der Waals surface area contributed by atoms with Crippen LogP contribution < -0.4 is 14.8 Å². The summed E-state index contributed by atoms with van der Waals surface area (Å²) in [6.07, 6.45) is 6.85. The van der Waals surface area contributed by atoms with E-state index in [9.17, 15) is 9.59 Å². The van der Waals surface area contributed by atoms with Crippen molar-refractivity contribution < 1.29 is 23.5 Å². The van der Waals surface area contributed by atoms with E-state index in [1.807, 2.05) is 44.1 Å². The molecule has 0 aliphatic rings. The molecule has 2 heterocycles. The van der Waals surface area contributed by atoms with Crippen molar-refractivity contribution in [2.75, 3.05) is 33.4 Å². The lowest BCUT2D eigenvalue weighted by molar-refractivity contribution is -0.131. The van der Waals surface area contributed by atoms with Crippen molar-refractivity contribution in [3.63, 3.8) is 0 Å². The zero-order valence-corrected chi connectivity index (χ0v) is 27.6. The molecule has 0 aliphatic heterocycles. The molecule has 2 unspecified atom stereocenters. The number of halogens is 4. The van der Waals surface area contributed by atoms with E-state index >= 15 is 4.39 Å². The summed E-state index contributed by atoms with van der Waals surface area (Å²) in [5, 5.41) is 4.86. The molecule has 44 heavy (non-hydrogen) atoms. The number of hydrogen-bond acceptors (Lipinski definition) is 4. The van der Waals surface area contributed by atoms with E-state index in [-0.39, 0.29) is 41.5 Å². The van der Waals surface area contributed by atoms with E-state index < -0.39 is 5.82 Å². The molecule has 0 saturated heterocycles. The van der Waals surface area contributed by atoms with Crippen LogP contribution in [0.25, 0.3) is 21.8 Å². The minimum absolute atomic E-state index is 0.0230. The monoisotopic (exact) mass is 666 g/mol. The lowest BCUT2D eigenvalue weighted by Gasteiger charge is -2.30. The van der Waals surface area contributed by atoms with Gasteiger partial charge in [0.1, 0.15) is 15.8 Å². The quantitative estimate of drug-likeness (QED) is 0.0829. The van der Waals surface area contributed by atoms with Gasteiger partial charge in [-0.2, -0.15) is 0 Å². The number of nitrogens with zero attached hydrogens (tertiary/aromatic N) is 1. The molecule has 238 valence electrons. The van der Waals surface area contributed by atoms with Gasteiger partial charge in [-0.15, -0.1) is 0 Å². The summed E-state index contributed by atoms with van der Waals surface area (Å²) in [6, 6.07) is 3.54. The van der Waals surface area contributed by atoms with Crippen LogP contribution in [0.4, 0.5) is 4.39 Å². The van der Waals surface area contributed by atoms with Crippen molar-refractivity contribution in [2.45, 2.75) is 58.3 Å². The molecule has 2 amide bonds. The number of carbonyl (C=O) groups is 2. The number of hydrogen-bond donors (Lipinski definition) is 3. The normalized spacial score (nSPS) is 12.8. The minimum Gasteiger partial charge on any atom is -0.495 e. The number of rotatable bonds is 16. The molecule has 3 N–H and O–H groups in total. The molecule has 4 aromatic rings. The van der Waals surface area contributed by atoms with Crippen LogP contribution in [0.2, 0.25) is 15.1 Å². The van der Waals surface area contributed by atoms with Gasteiger partial charge < -0.3 is 29.7 Å². The topological polar surface area (TPSA) is 99.4 Å². The van der Waals surface area contributed by atoms with Crippen LogP contribution in [0.15, 0.2) is 24.5 Å². The van der Waals surface area contributed by atoms with Crippen LogP contribution in [0, 0.1) is 5.82 Å². The highest BCUT2D eigenvalue weighted by Gasteiger charge is 2.27. The van der Waals surface area contributed by atoms with E-state index in [4.69, 9.17) is 44.3 Å². The Morgan fingerprint density at radius 1 is 1.02 bits per heavy atom. The maximum atomic E-state index is 15.0. The number of amides is 2. The first-order valence-electron chi connectivity index (χ1n) is 14.8. The van der Waals surface area contributed by atoms with Crippen LogP contribution in [0.1, 0.15) is 69.4 Å². The summed E-state index contributed by atoms with van der Waals surface area (Å²) >= 11 is 19.3. The molecule has 0 radical (unpaired) electrons. The summed E-state index contributed by atoms with van der Waals surface area (Å²) in [6.45, 7) is 7.53. The van der Waals surface area contributed by atoms with Gasteiger partial charge >= 0.3 is 0 Å². The van der Waals surface area contributed by atoms with Gasteiger partial charge in [0.25, 0.3) is 0 Å². The van der Waals surface area contributed by atoms with Crippen molar-refractivity contribution in [3.05, 3.63) is 56.5 Å². The number of benzene rings is 2. The molecule has 0 spiro atoms. The van der Waals surface area contributed by atoms with Gasteiger partial charge in [0.2, 0.25) is 12.3 Å². The van der Waals surface area contributed by atoms with E-state index in [0.29, 0.717) is 59.4 Å². The van der Waals surface area contributed by atoms with Gasteiger partial charge in [0.05, 0.1) is 29.8 Å². The molecule has 8 nitrogen and oxygen atoms in total.